The van der Waals surface area contributed by atoms with Crippen LogP contribution in [0.25, 0.3) is 0 Å². The first kappa shape index (κ1) is 26.0. The summed E-state index contributed by atoms with van der Waals surface area (Å²) >= 11 is 0. The van der Waals surface area contributed by atoms with Crippen LogP contribution in [0.15, 0.2) is 30.3 Å². The maximum Gasteiger partial charge on any atom is 0.411 e. The quantitative estimate of drug-likeness (QED) is 0.519. The summed E-state index contributed by atoms with van der Waals surface area (Å²) in [6.07, 6.45) is -0.0321. The normalized spacial score (nSPS) is 15.1. The number of carbonyl (C=O) groups is 3. The van der Waals surface area contributed by atoms with Crippen molar-refractivity contribution in [3.63, 3.8) is 0 Å². The molecule has 0 saturated heterocycles. The highest BCUT2D eigenvalue weighted by Crippen LogP contribution is 2.34. The van der Waals surface area contributed by atoms with Crippen molar-refractivity contribution < 1.29 is 33.3 Å². The van der Waals surface area contributed by atoms with E-state index in [1.54, 1.807) is 40.0 Å². The highest BCUT2D eigenvalue weighted by molar-refractivity contribution is 5.89. The largest absolute Gasteiger partial charge is 0.495 e. The number of amides is 1. The topological polar surface area (TPSA) is 104 Å². The molecule has 1 aromatic heterocycles. The summed E-state index contributed by atoms with van der Waals surface area (Å²) in [5.41, 5.74) is 1.71. The average molecular weight is 485 g/mol. The number of ketones is 1. The van der Waals surface area contributed by atoms with Crippen molar-refractivity contribution in [2.75, 3.05) is 20.8 Å². The highest BCUT2D eigenvalue weighted by Gasteiger charge is 2.41. The van der Waals surface area contributed by atoms with Gasteiger partial charge in [-0.15, -0.1) is 0 Å². The lowest BCUT2D eigenvalue weighted by atomic mass is 9.92. The second kappa shape index (κ2) is 10.8. The van der Waals surface area contributed by atoms with E-state index < -0.39 is 23.7 Å². The number of fused-ring (bicyclic) bond motifs is 1. The van der Waals surface area contributed by atoms with Gasteiger partial charge in [0.05, 0.1) is 14.2 Å². The molecule has 0 aliphatic carbocycles. The monoisotopic (exact) mass is 484 g/mol. The van der Waals surface area contributed by atoms with Gasteiger partial charge in [0.25, 0.3) is 0 Å². The van der Waals surface area contributed by atoms with Crippen LogP contribution in [0.2, 0.25) is 0 Å². The van der Waals surface area contributed by atoms with Crippen LogP contribution in [0, 0.1) is 6.92 Å². The lowest BCUT2D eigenvalue weighted by molar-refractivity contribution is -0.148. The van der Waals surface area contributed by atoms with Gasteiger partial charge in [-0.2, -0.15) is 0 Å². The van der Waals surface area contributed by atoms with E-state index in [1.165, 1.54) is 12.0 Å². The van der Waals surface area contributed by atoms with Crippen LogP contribution in [0.3, 0.4) is 0 Å². The van der Waals surface area contributed by atoms with E-state index in [2.05, 4.69) is 4.98 Å². The second-order valence-electron chi connectivity index (χ2n) is 8.77. The molecule has 0 spiro atoms. The fraction of sp³-hybridized carbons (Fsp3) is 0.462. The zero-order chi connectivity index (χ0) is 25.8. The molecule has 35 heavy (non-hydrogen) atoms. The Kier molecular flexibility index (Phi) is 7.99. The van der Waals surface area contributed by atoms with Crippen molar-refractivity contribution in [3.05, 3.63) is 52.8 Å². The standard InChI is InChI=1S/C26H32N2O7/c1-7-22(29)26(3,4)35-25(31)28-13-12-17-14-18(9-10-19(17)23(28)24(30)33-6)34-15-20-21(32-5)11-8-16(2)27-20/h8-11,14,23H,7,12-13,15H2,1-6H3/t23-/m1/s1. The Balaban J connectivity index is 1.82. The fourth-order valence-corrected chi connectivity index (χ4v) is 4.05. The maximum absolute atomic E-state index is 13.0. The number of aryl methyl sites for hydroxylation is 1. The fourth-order valence-electron chi connectivity index (χ4n) is 4.05. The molecule has 1 aromatic carbocycles. The van der Waals surface area contributed by atoms with Gasteiger partial charge >= 0.3 is 12.1 Å². The molecule has 0 bridgehead atoms. The van der Waals surface area contributed by atoms with Crippen molar-refractivity contribution in [1.29, 1.82) is 0 Å². The molecule has 2 aromatic rings. The molecule has 2 heterocycles. The van der Waals surface area contributed by atoms with E-state index in [1.807, 2.05) is 25.1 Å². The molecule has 0 radical (unpaired) electrons. The number of hydrogen-bond donors (Lipinski definition) is 0. The third-order valence-electron chi connectivity index (χ3n) is 6.00. The zero-order valence-corrected chi connectivity index (χ0v) is 21.0. The summed E-state index contributed by atoms with van der Waals surface area (Å²) < 4.78 is 21.8. The molecule has 9 nitrogen and oxygen atoms in total. The molecule has 0 N–H and O–H groups in total. The minimum absolute atomic E-state index is 0.209. The van der Waals surface area contributed by atoms with Crippen molar-refractivity contribution in [1.82, 2.24) is 9.88 Å². The Morgan fingerprint density at radius 3 is 2.54 bits per heavy atom. The lowest BCUT2D eigenvalue weighted by Crippen LogP contribution is -2.48. The molecule has 9 heteroatoms. The number of ether oxygens (including phenoxy) is 4. The number of pyridine rings is 1. The molecule has 0 fully saturated rings. The number of esters is 1. The number of benzene rings is 1. The van der Waals surface area contributed by atoms with Crippen molar-refractivity contribution in [3.8, 4) is 11.5 Å². The molecule has 1 atom stereocenters. The molecule has 3 rings (SSSR count). The van der Waals surface area contributed by atoms with Gasteiger partial charge in [0.2, 0.25) is 0 Å². The first-order chi connectivity index (χ1) is 16.6. The molecular formula is C26H32N2O7. The maximum atomic E-state index is 13.0. The van der Waals surface area contributed by atoms with Gasteiger partial charge in [-0.1, -0.05) is 13.0 Å². The van der Waals surface area contributed by atoms with Crippen LogP contribution in [0.5, 0.6) is 11.5 Å². The lowest BCUT2D eigenvalue weighted by Gasteiger charge is -2.36. The van der Waals surface area contributed by atoms with Gasteiger partial charge in [0.1, 0.15) is 23.8 Å². The van der Waals surface area contributed by atoms with E-state index in [0.29, 0.717) is 29.2 Å². The molecule has 1 amide bonds. The van der Waals surface area contributed by atoms with E-state index >= 15 is 0 Å². The Morgan fingerprint density at radius 1 is 1.14 bits per heavy atom. The van der Waals surface area contributed by atoms with Crippen LogP contribution in [-0.2, 0) is 32.1 Å². The second-order valence-corrected chi connectivity index (χ2v) is 8.77. The number of Topliss-reactive ketones (excluding diaryl/α,β-unsaturated/α-hetero) is 1. The van der Waals surface area contributed by atoms with E-state index in [-0.39, 0.29) is 25.4 Å². The first-order valence-electron chi connectivity index (χ1n) is 11.5. The third kappa shape index (κ3) is 5.72. The van der Waals surface area contributed by atoms with E-state index in [9.17, 15) is 14.4 Å². The minimum Gasteiger partial charge on any atom is -0.495 e. The number of rotatable bonds is 8. The summed E-state index contributed by atoms with van der Waals surface area (Å²) in [5, 5.41) is 0. The van der Waals surface area contributed by atoms with Gasteiger partial charge in [0, 0.05) is 18.7 Å². The van der Waals surface area contributed by atoms with Crippen LogP contribution in [0.1, 0.15) is 55.7 Å². The van der Waals surface area contributed by atoms with Crippen LogP contribution < -0.4 is 9.47 Å². The summed E-state index contributed by atoms with van der Waals surface area (Å²) in [5.74, 6) is 0.436. The van der Waals surface area contributed by atoms with E-state index in [0.717, 1.165) is 11.3 Å². The van der Waals surface area contributed by atoms with Gasteiger partial charge < -0.3 is 18.9 Å². The Labute approximate surface area is 205 Å². The summed E-state index contributed by atoms with van der Waals surface area (Å²) in [7, 11) is 2.85. The van der Waals surface area contributed by atoms with E-state index in [4.69, 9.17) is 18.9 Å². The number of hydrogen-bond acceptors (Lipinski definition) is 8. The molecule has 1 aliphatic heterocycles. The zero-order valence-electron chi connectivity index (χ0n) is 21.0. The Hall–Kier alpha value is -3.62. The predicted octanol–water partition coefficient (Wildman–Crippen LogP) is 3.94. The van der Waals surface area contributed by atoms with Crippen LogP contribution >= 0.6 is 0 Å². The molecule has 188 valence electrons. The summed E-state index contributed by atoms with van der Waals surface area (Å²) in [6, 6.07) is 8.05. The summed E-state index contributed by atoms with van der Waals surface area (Å²) in [6.45, 7) is 7.12. The molecular weight excluding hydrogens is 452 g/mol. The van der Waals surface area contributed by atoms with Gasteiger partial charge in [-0.3, -0.25) is 14.7 Å². The van der Waals surface area contributed by atoms with Crippen molar-refractivity contribution in [2.45, 2.75) is 58.8 Å². The number of nitrogens with zero attached hydrogens (tertiary/aromatic N) is 2. The van der Waals surface area contributed by atoms with Crippen molar-refractivity contribution >= 4 is 17.8 Å². The number of aromatic nitrogens is 1. The Bertz CT molecular complexity index is 1110. The number of carbonyl (C=O) groups excluding carboxylic acids is 3. The first-order valence-corrected chi connectivity index (χ1v) is 11.5. The predicted molar refractivity (Wildman–Crippen MR) is 127 cm³/mol. The van der Waals surface area contributed by atoms with Gasteiger partial charge in [0.15, 0.2) is 17.4 Å². The van der Waals surface area contributed by atoms with Crippen LogP contribution in [-0.4, -0.2) is 54.1 Å². The minimum atomic E-state index is -1.30. The van der Waals surface area contributed by atoms with Gasteiger partial charge in [-0.05, 0) is 62.6 Å². The van der Waals surface area contributed by atoms with Crippen molar-refractivity contribution in [2.24, 2.45) is 0 Å². The molecule has 0 saturated carbocycles. The SMILES string of the molecule is CCC(=O)C(C)(C)OC(=O)N1CCc2cc(OCc3nc(C)ccc3OC)ccc2[C@@H]1C(=O)OC. The van der Waals surface area contributed by atoms with Crippen LogP contribution in [0.4, 0.5) is 4.79 Å². The number of methoxy groups -OCH3 is 2. The molecule has 0 unspecified atom stereocenters. The smallest absolute Gasteiger partial charge is 0.411 e. The summed E-state index contributed by atoms with van der Waals surface area (Å²) in [4.78, 5) is 43.6. The molecule has 1 aliphatic rings. The van der Waals surface area contributed by atoms with Gasteiger partial charge in [-0.25, -0.2) is 9.59 Å². The average Bonchev–Trinajstić information content (AvgIpc) is 2.85. The Morgan fingerprint density at radius 2 is 1.89 bits per heavy atom. The highest BCUT2D eigenvalue weighted by atomic mass is 16.6. The third-order valence-corrected chi connectivity index (χ3v) is 6.00.